The van der Waals surface area contributed by atoms with Crippen LogP contribution in [-0.4, -0.2) is 29.1 Å². The molecule has 0 saturated carbocycles. The lowest BCUT2D eigenvalue weighted by atomic mass is 9.97. The van der Waals surface area contributed by atoms with Crippen LogP contribution < -0.4 is 9.64 Å². The highest BCUT2D eigenvalue weighted by molar-refractivity contribution is 5.71. The summed E-state index contributed by atoms with van der Waals surface area (Å²) in [4.78, 5) is 18.1. The first-order valence-electron chi connectivity index (χ1n) is 12.6. The van der Waals surface area contributed by atoms with Gasteiger partial charge in [0.05, 0.1) is 11.6 Å². The maximum Gasteiger partial charge on any atom is 0.306 e. The van der Waals surface area contributed by atoms with Crippen molar-refractivity contribution in [2.24, 2.45) is 5.92 Å². The number of nitrogens with zero attached hydrogens (tertiary/aromatic N) is 2. The number of halogens is 2. The van der Waals surface area contributed by atoms with E-state index in [1.807, 2.05) is 43.3 Å². The van der Waals surface area contributed by atoms with Crippen molar-refractivity contribution in [1.82, 2.24) is 4.98 Å². The fourth-order valence-corrected chi connectivity index (χ4v) is 4.77. The van der Waals surface area contributed by atoms with Gasteiger partial charge in [-0.15, -0.1) is 0 Å². The summed E-state index contributed by atoms with van der Waals surface area (Å²) in [7, 11) is 0. The molecule has 5 rings (SSSR count). The van der Waals surface area contributed by atoms with Gasteiger partial charge in [0.25, 0.3) is 0 Å². The molecule has 0 amide bonds. The molecule has 5 nitrogen and oxygen atoms in total. The number of aryl methyl sites for hydroxylation is 1. The van der Waals surface area contributed by atoms with Crippen molar-refractivity contribution >= 4 is 11.8 Å². The summed E-state index contributed by atoms with van der Waals surface area (Å²) in [5.74, 6) is -0.495. The van der Waals surface area contributed by atoms with E-state index in [2.05, 4.69) is 4.90 Å². The van der Waals surface area contributed by atoms with E-state index in [0.29, 0.717) is 42.9 Å². The van der Waals surface area contributed by atoms with Gasteiger partial charge < -0.3 is 14.7 Å². The highest BCUT2D eigenvalue weighted by Gasteiger charge is 2.25. The lowest BCUT2D eigenvalue weighted by molar-refractivity contribution is -0.142. The number of aliphatic carboxylic acids is 1. The van der Waals surface area contributed by atoms with E-state index in [1.54, 1.807) is 18.2 Å². The minimum Gasteiger partial charge on any atom is -0.488 e. The lowest BCUT2D eigenvalue weighted by Crippen LogP contribution is -2.36. The summed E-state index contributed by atoms with van der Waals surface area (Å²) >= 11 is 0. The molecule has 0 unspecified atom stereocenters. The van der Waals surface area contributed by atoms with Crippen molar-refractivity contribution in [3.8, 4) is 28.1 Å². The Morgan fingerprint density at radius 2 is 1.66 bits per heavy atom. The van der Waals surface area contributed by atoms with Crippen LogP contribution in [0.15, 0.2) is 78.9 Å². The van der Waals surface area contributed by atoms with Crippen LogP contribution in [0.5, 0.6) is 5.75 Å². The number of carboxylic acids is 1. The monoisotopic (exact) mass is 514 g/mol. The summed E-state index contributed by atoms with van der Waals surface area (Å²) < 4.78 is 33.7. The Balaban J connectivity index is 1.34. The van der Waals surface area contributed by atoms with Gasteiger partial charge in [0.15, 0.2) is 0 Å². The summed E-state index contributed by atoms with van der Waals surface area (Å²) in [6.45, 7) is 3.49. The maximum absolute atomic E-state index is 14.3. The highest BCUT2D eigenvalue weighted by atomic mass is 19.1. The molecular weight excluding hydrogens is 486 g/mol. The molecule has 1 aromatic heterocycles. The van der Waals surface area contributed by atoms with E-state index in [1.165, 1.54) is 24.3 Å². The Labute approximate surface area is 220 Å². The van der Waals surface area contributed by atoms with Gasteiger partial charge in [-0.05, 0) is 84.5 Å². The molecule has 1 aliphatic heterocycles. The molecule has 38 heavy (non-hydrogen) atoms. The fraction of sp³-hybridized carbons (Fsp3) is 0.226. The fourth-order valence-electron chi connectivity index (χ4n) is 4.77. The Morgan fingerprint density at radius 1 is 0.947 bits per heavy atom. The van der Waals surface area contributed by atoms with Gasteiger partial charge in [0.2, 0.25) is 0 Å². The molecule has 0 aliphatic carbocycles. The number of pyridine rings is 1. The number of carboxylic acid groups (broad SMARTS) is 1. The summed E-state index contributed by atoms with van der Waals surface area (Å²) in [5.41, 5.74) is 5.06. The van der Waals surface area contributed by atoms with Crippen LogP contribution >= 0.6 is 0 Å². The van der Waals surface area contributed by atoms with E-state index in [4.69, 9.17) is 9.72 Å². The molecule has 1 N–H and O–H groups in total. The number of piperidine rings is 1. The van der Waals surface area contributed by atoms with Crippen LogP contribution in [0.3, 0.4) is 0 Å². The molecule has 2 heterocycles. The number of benzene rings is 3. The van der Waals surface area contributed by atoms with Gasteiger partial charge in [-0.3, -0.25) is 4.79 Å². The van der Waals surface area contributed by atoms with Gasteiger partial charge in [-0.25, -0.2) is 13.8 Å². The molecule has 1 aliphatic rings. The minimum absolute atomic E-state index is 0.270. The van der Waals surface area contributed by atoms with E-state index in [9.17, 15) is 18.7 Å². The van der Waals surface area contributed by atoms with Crippen LogP contribution in [0.2, 0.25) is 0 Å². The third-order valence-corrected chi connectivity index (χ3v) is 7.02. The number of hydrogen-bond donors (Lipinski definition) is 1. The van der Waals surface area contributed by atoms with E-state index in [0.717, 1.165) is 28.1 Å². The van der Waals surface area contributed by atoms with Crippen molar-refractivity contribution in [2.45, 2.75) is 26.4 Å². The first-order valence-corrected chi connectivity index (χ1v) is 12.6. The Kier molecular flexibility index (Phi) is 7.36. The zero-order valence-electron chi connectivity index (χ0n) is 21.0. The molecule has 4 aromatic rings. The zero-order valence-corrected chi connectivity index (χ0v) is 21.0. The van der Waals surface area contributed by atoms with E-state index < -0.39 is 5.97 Å². The predicted molar refractivity (Wildman–Crippen MR) is 143 cm³/mol. The number of anilines is 1. The summed E-state index contributed by atoms with van der Waals surface area (Å²) in [6, 6.07) is 22.4. The SMILES string of the molecule is Cc1cc(-c2ccc(F)cc2)ccc1COc1ccc(F)cc1-c1cccc(N2CCC(C(=O)O)CC2)n1. The molecule has 0 atom stereocenters. The van der Waals surface area contributed by atoms with Gasteiger partial charge in [-0.2, -0.15) is 0 Å². The predicted octanol–water partition coefficient (Wildman–Crippen LogP) is 6.88. The summed E-state index contributed by atoms with van der Waals surface area (Å²) in [5, 5.41) is 9.27. The quantitative estimate of drug-likeness (QED) is 0.291. The van der Waals surface area contributed by atoms with Crippen LogP contribution in [-0.2, 0) is 11.4 Å². The Morgan fingerprint density at radius 3 is 2.37 bits per heavy atom. The first kappa shape index (κ1) is 25.4. The van der Waals surface area contributed by atoms with Crippen LogP contribution in [0.25, 0.3) is 22.4 Å². The first-order chi connectivity index (χ1) is 18.4. The number of aromatic nitrogens is 1. The largest absolute Gasteiger partial charge is 0.488 e. The van der Waals surface area contributed by atoms with Crippen molar-refractivity contribution in [1.29, 1.82) is 0 Å². The molecule has 0 spiro atoms. The van der Waals surface area contributed by atoms with Gasteiger partial charge in [-0.1, -0.05) is 36.4 Å². The highest BCUT2D eigenvalue weighted by Crippen LogP contribution is 2.33. The average Bonchev–Trinajstić information content (AvgIpc) is 2.93. The molecule has 194 valence electrons. The number of rotatable bonds is 7. The standard InChI is InChI=1S/C31H28F2N2O3/c1-20-17-23(21-7-9-25(32)10-8-21)5-6-24(20)19-38-29-12-11-26(33)18-27(29)28-3-2-4-30(34-28)35-15-13-22(14-16-35)31(36)37/h2-12,17-18,22H,13-16,19H2,1H3,(H,36,37). The molecule has 3 aromatic carbocycles. The molecule has 7 heteroatoms. The second-order valence-electron chi connectivity index (χ2n) is 9.56. The van der Waals surface area contributed by atoms with Gasteiger partial charge in [0.1, 0.15) is 29.8 Å². The molecule has 0 bridgehead atoms. The second-order valence-corrected chi connectivity index (χ2v) is 9.56. The van der Waals surface area contributed by atoms with Crippen molar-refractivity contribution in [3.05, 3.63) is 102 Å². The van der Waals surface area contributed by atoms with Crippen LogP contribution in [0, 0.1) is 24.5 Å². The van der Waals surface area contributed by atoms with E-state index in [-0.39, 0.29) is 24.2 Å². The molecule has 0 radical (unpaired) electrons. The van der Waals surface area contributed by atoms with Crippen molar-refractivity contribution in [2.75, 3.05) is 18.0 Å². The van der Waals surface area contributed by atoms with Gasteiger partial charge >= 0.3 is 5.97 Å². The molecule has 1 saturated heterocycles. The van der Waals surface area contributed by atoms with Gasteiger partial charge in [0, 0.05) is 18.7 Å². The molecule has 1 fully saturated rings. The normalized spacial score (nSPS) is 13.9. The van der Waals surface area contributed by atoms with Crippen LogP contribution in [0.4, 0.5) is 14.6 Å². The van der Waals surface area contributed by atoms with Crippen LogP contribution in [0.1, 0.15) is 24.0 Å². The third-order valence-electron chi connectivity index (χ3n) is 7.02. The average molecular weight is 515 g/mol. The Hall–Kier alpha value is -4.26. The lowest BCUT2D eigenvalue weighted by Gasteiger charge is -2.31. The number of carbonyl (C=O) groups is 1. The zero-order chi connectivity index (χ0) is 26.6. The third kappa shape index (κ3) is 5.67. The number of hydrogen-bond acceptors (Lipinski definition) is 4. The topological polar surface area (TPSA) is 62.7 Å². The minimum atomic E-state index is -0.756. The second kappa shape index (κ2) is 11.0. The van der Waals surface area contributed by atoms with Crippen molar-refractivity contribution in [3.63, 3.8) is 0 Å². The summed E-state index contributed by atoms with van der Waals surface area (Å²) in [6.07, 6.45) is 1.13. The molecular formula is C31H28F2N2O3. The Bertz CT molecular complexity index is 1450. The van der Waals surface area contributed by atoms with Crippen molar-refractivity contribution < 1.29 is 23.4 Å². The van der Waals surface area contributed by atoms with E-state index >= 15 is 0 Å². The maximum atomic E-state index is 14.3. The number of ether oxygens (including phenoxy) is 1. The smallest absolute Gasteiger partial charge is 0.306 e.